The van der Waals surface area contributed by atoms with Crippen molar-refractivity contribution in [3.63, 3.8) is 0 Å². The first-order chi connectivity index (χ1) is 17.8. The topological polar surface area (TPSA) is 102 Å². The van der Waals surface area contributed by atoms with Gasteiger partial charge < -0.3 is 10.6 Å². The van der Waals surface area contributed by atoms with Crippen LogP contribution in [0.3, 0.4) is 0 Å². The molecule has 0 bridgehead atoms. The van der Waals surface area contributed by atoms with E-state index in [1.54, 1.807) is 41.0 Å². The molecule has 9 heteroatoms. The Morgan fingerprint density at radius 3 is 2.43 bits per heavy atom. The summed E-state index contributed by atoms with van der Waals surface area (Å²) in [6.45, 7) is 8.79. The molecule has 0 aliphatic heterocycles. The summed E-state index contributed by atoms with van der Waals surface area (Å²) in [5, 5.41) is 10.1. The van der Waals surface area contributed by atoms with E-state index in [2.05, 4.69) is 27.6 Å². The minimum atomic E-state index is -0.648. The molecule has 0 radical (unpaired) electrons. The van der Waals surface area contributed by atoms with Crippen LogP contribution in [0.15, 0.2) is 43.0 Å². The Hall–Kier alpha value is -3.75. The van der Waals surface area contributed by atoms with Crippen molar-refractivity contribution in [1.82, 2.24) is 20.1 Å². The number of rotatable bonds is 8. The van der Waals surface area contributed by atoms with E-state index >= 15 is 0 Å². The van der Waals surface area contributed by atoms with Crippen molar-refractivity contribution < 1.29 is 19.2 Å². The predicted octanol–water partition coefficient (Wildman–Crippen LogP) is 3.49. The number of aryl methyl sites for hydroxylation is 3. The van der Waals surface area contributed by atoms with Gasteiger partial charge in [-0.25, -0.2) is 4.98 Å². The molecule has 0 unspecified atom stereocenters. The highest BCUT2D eigenvalue weighted by Crippen LogP contribution is 2.31. The Labute approximate surface area is 218 Å². The van der Waals surface area contributed by atoms with E-state index in [1.165, 1.54) is 0 Å². The molecule has 2 N–H and O–H groups in total. The standard InChI is InChI=1S/C28H36N6O3/c1-6-34-23(13-14-30-34)27(35)32-26(21-9-7-18(2)8-10-21)28(36)31-24-12-11-22(15-29-24)25-19(3)16-33(37-5)17-20(25)4/h11-18,21,26H,6-10H2,1-5H3,(H,32,35)/p+1/t18?,21?,26-/m0/s1. The number of pyridine rings is 2. The summed E-state index contributed by atoms with van der Waals surface area (Å²) >= 11 is 0. The van der Waals surface area contributed by atoms with Crippen molar-refractivity contribution in [2.45, 2.75) is 66.0 Å². The zero-order valence-corrected chi connectivity index (χ0v) is 22.3. The summed E-state index contributed by atoms with van der Waals surface area (Å²) < 4.78 is 3.30. The van der Waals surface area contributed by atoms with Crippen molar-refractivity contribution in [1.29, 1.82) is 0 Å². The van der Waals surface area contributed by atoms with Gasteiger partial charge in [0.1, 0.15) is 24.7 Å². The molecule has 3 aromatic rings. The zero-order valence-electron chi connectivity index (χ0n) is 22.3. The van der Waals surface area contributed by atoms with Crippen LogP contribution in [0.1, 0.15) is 61.1 Å². The van der Waals surface area contributed by atoms with E-state index in [4.69, 9.17) is 4.84 Å². The van der Waals surface area contributed by atoms with Gasteiger partial charge in [0.15, 0.2) is 0 Å². The second-order valence-electron chi connectivity index (χ2n) is 9.97. The molecule has 1 aliphatic rings. The Bertz CT molecular complexity index is 1220. The Kier molecular flexibility index (Phi) is 8.21. The van der Waals surface area contributed by atoms with Gasteiger partial charge in [-0.15, -0.1) is 0 Å². The minimum Gasteiger partial charge on any atom is -0.339 e. The largest absolute Gasteiger partial charge is 0.339 e. The summed E-state index contributed by atoms with van der Waals surface area (Å²) in [5.41, 5.74) is 4.60. The molecule has 1 atom stereocenters. The molecule has 196 valence electrons. The van der Waals surface area contributed by atoms with Crippen LogP contribution in [0.4, 0.5) is 5.82 Å². The lowest BCUT2D eigenvalue weighted by Gasteiger charge is -2.32. The smallest absolute Gasteiger partial charge is 0.270 e. The second-order valence-corrected chi connectivity index (χ2v) is 9.97. The van der Waals surface area contributed by atoms with Gasteiger partial charge in [-0.2, -0.15) is 5.10 Å². The molecular formula is C28H37N6O3+. The van der Waals surface area contributed by atoms with Crippen LogP contribution >= 0.6 is 0 Å². The molecule has 9 nitrogen and oxygen atoms in total. The predicted molar refractivity (Wildman–Crippen MR) is 141 cm³/mol. The Balaban J connectivity index is 1.52. The lowest BCUT2D eigenvalue weighted by Crippen LogP contribution is -2.49. The van der Waals surface area contributed by atoms with Gasteiger partial charge in [-0.3, -0.25) is 19.1 Å². The molecule has 1 aliphatic carbocycles. The van der Waals surface area contributed by atoms with Crippen molar-refractivity contribution in [3.8, 4) is 11.1 Å². The third-order valence-corrected chi connectivity index (χ3v) is 7.29. The number of amides is 2. The van der Waals surface area contributed by atoms with E-state index < -0.39 is 6.04 Å². The number of nitrogens with zero attached hydrogens (tertiary/aromatic N) is 4. The maximum Gasteiger partial charge on any atom is 0.270 e. The van der Waals surface area contributed by atoms with Crippen LogP contribution in [0.5, 0.6) is 0 Å². The van der Waals surface area contributed by atoms with Crippen LogP contribution in [0.25, 0.3) is 11.1 Å². The lowest BCUT2D eigenvalue weighted by molar-refractivity contribution is -0.885. The molecule has 0 aromatic carbocycles. The third kappa shape index (κ3) is 5.98. The number of anilines is 1. The molecular weight excluding hydrogens is 468 g/mol. The van der Waals surface area contributed by atoms with Gasteiger partial charge in [0, 0.05) is 45.9 Å². The molecule has 1 saturated carbocycles. The van der Waals surface area contributed by atoms with Crippen molar-refractivity contribution in [3.05, 3.63) is 59.8 Å². The number of hydrogen-bond donors (Lipinski definition) is 2. The summed E-state index contributed by atoms with van der Waals surface area (Å²) in [6, 6.07) is 4.78. The van der Waals surface area contributed by atoms with Crippen LogP contribution in [0, 0.1) is 25.7 Å². The highest BCUT2D eigenvalue weighted by molar-refractivity contribution is 6.00. The quantitative estimate of drug-likeness (QED) is 0.457. The SMILES string of the molecule is CCn1nccc1C(=O)N[C@H](C(=O)Nc1ccc(-c2c(C)c[n+](OC)cc2C)cn1)C1CCC(C)CC1. The van der Waals surface area contributed by atoms with Gasteiger partial charge >= 0.3 is 0 Å². The highest BCUT2D eigenvalue weighted by Gasteiger charge is 2.33. The zero-order chi connectivity index (χ0) is 26.5. The summed E-state index contributed by atoms with van der Waals surface area (Å²) in [7, 11) is 1.62. The monoisotopic (exact) mass is 505 g/mol. The number of nitrogens with one attached hydrogen (secondary N) is 2. The van der Waals surface area contributed by atoms with Crippen LogP contribution in [-0.2, 0) is 11.3 Å². The van der Waals surface area contributed by atoms with Crippen molar-refractivity contribution >= 4 is 17.6 Å². The average Bonchev–Trinajstić information content (AvgIpc) is 3.37. The molecule has 3 heterocycles. The fourth-order valence-corrected chi connectivity index (χ4v) is 5.25. The van der Waals surface area contributed by atoms with E-state index in [1.807, 2.05) is 39.2 Å². The van der Waals surface area contributed by atoms with Crippen LogP contribution in [0.2, 0.25) is 0 Å². The molecule has 0 spiro atoms. The second kappa shape index (κ2) is 11.5. The first-order valence-electron chi connectivity index (χ1n) is 13.0. The maximum atomic E-state index is 13.5. The number of carbonyl (C=O) groups is 2. The number of aromatic nitrogens is 4. The molecule has 3 aromatic heterocycles. The molecule has 37 heavy (non-hydrogen) atoms. The van der Waals surface area contributed by atoms with E-state index in [0.29, 0.717) is 24.0 Å². The van der Waals surface area contributed by atoms with E-state index in [-0.39, 0.29) is 17.7 Å². The average molecular weight is 506 g/mol. The first-order valence-corrected chi connectivity index (χ1v) is 13.0. The van der Waals surface area contributed by atoms with Crippen molar-refractivity contribution in [2.24, 2.45) is 11.8 Å². The Morgan fingerprint density at radius 2 is 1.84 bits per heavy atom. The number of carbonyl (C=O) groups excluding carboxylic acids is 2. The van der Waals surface area contributed by atoms with Crippen LogP contribution in [-0.4, -0.2) is 39.7 Å². The van der Waals surface area contributed by atoms with Gasteiger partial charge in [0.2, 0.25) is 18.3 Å². The molecule has 4 rings (SSSR count). The van der Waals surface area contributed by atoms with E-state index in [9.17, 15) is 9.59 Å². The summed E-state index contributed by atoms with van der Waals surface area (Å²) in [5.74, 6) is 0.622. The molecule has 1 fully saturated rings. The third-order valence-electron chi connectivity index (χ3n) is 7.29. The maximum absolute atomic E-state index is 13.5. The van der Waals surface area contributed by atoms with Gasteiger partial charge in [0.25, 0.3) is 5.91 Å². The Morgan fingerprint density at radius 1 is 1.14 bits per heavy atom. The first kappa shape index (κ1) is 26.3. The van der Waals surface area contributed by atoms with Gasteiger partial charge in [0.05, 0.1) is 0 Å². The minimum absolute atomic E-state index is 0.0690. The summed E-state index contributed by atoms with van der Waals surface area (Å²) in [4.78, 5) is 36.4. The fourth-order valence-electron chi connectivity index (χ4n) is 5.25. The van der Waals surface area contributed by atoms with Crippen molar-refractivity contribution in [2.75, 3.05) is 12.4 Å². The van der Waals surface area contributed by atoms with Gasteiger partial charge in [-0.1, -0.05) is 19.8 Å². The fraction of sp³-hybridized carbons (Fsp3) is 0.464. The molecule has 2 amide bonds. The van der Waals surface area contributed by atoms with E-state index in [0.717, 1.165) is 47.9 Å². The van der Waals surface area contributed by atoms with Gasteiger partial charge in [-0.05, 0) is 63.6 Å². The molecule has 0 saturated heterocycles. The van der Waals surface area contributed by atoms with Crippen LogP contribution < -0.4 is 20.2 Å². The summed E-state index contributed by atoms with van der Waals surface area (Å²) in [6.07, 6.45) is 11.1. The lowest BCUT2D eigenvalue weighted by atomic mass is 9.79. The normalized spacial score (nSPS) is 18.2. The highest BCUT2D eigenvalue weighted by atomic mass is 16.6. The number of hydrogen-bond acceptors (Lipinski definition) is 5.